The molecule has 0 aliphatic carbocycles. The highest BCUT2D eigenvalue weighted by atomic mass is 19.2. The standard InChI is InChI=1S/C15H21FN2O10/c1-5(19)10-8(21)9(22)12(28-10)26-4-6-11(23)15(16,25)13(27-6)18-3-2-7(20)17-14(18)24/h2-3,5-6,8-13,19,21-23,25H,4H2,1H3,(H,17,20,24)/t5?,6-,8-,9-,10+,11-,12?,13-,15-/m1/s1. The van der Waals surface area contributed by atoms with Crippen LogP contribution < -0.4 is 11.2 Å². The van der Waals surface area contributed by atoms with E-state index in [4.69, 9.17) is 14.2 Å². The number of hydrogen-bond acceptors (Lipinski definition) is 10. The number of ether oxygens (including phenoxy) is 3. The Hall–Kier alpha value is -1.71. The van der Waals surface area contributed by atoms with Crippen LogP contribution in [0.2, 0.25) is 0 Å². The van der Waals surface area contributed by atoms with Crippen molar-refractivity contribution in [3.63, 3.8) is 0 Å². The van der Waals surface area contributed by atoms with Crippen molar-refractivity contribution in [3.05, 3.63) is 33.1 Å². The second kappa shape index (κ2) is 7.61. The molecule has 0 spiro atoms. The number of nitrogens with one attached hydrogen (secondary N) is 1. The predicted molar refractivity (Wildman–Crippen MR) is 85.6 cm³/mol. The molecule has 0 saturated carbocycles. The maximum absolute atomic E-state index is 14.6. The van der Waals surface area contributed by atoms with Crippen LogP contribution in [0.3, 0.4) is 0 Å². The molecule has 2 aliphatic rings. The molecule has 2 saturated heterocycles. The first-order valence-corrected chi connectivity index (χ1v) is 8.41. The third-order valence-corrected chi connectivity index (χ3v) is 4.68. The van der Waals surface area contributed by atoms with Gasteiger partial charge in [0.05, 0.1) is 12.7 Å². The number of aromatic nitrogens is 2. The highest BCUT2D eigenvalue weighted by molar-refractivity contribution is 4.98. The SMILES string of the molecule is CC(O)[C@@H]1OC(OC[C@H]2O[C@@H](n3ccc(=O)[nH]c3=O)[C@@](O)(F)[C@@H]2O)[C@H](O)[C@H]1O. The van der Waals surface area contributed by atoms with Crippen molar-refractivity contribution in [1.29, 1.82) is 0 Å². The number of alkyl halides is 1. The fraction of sp³-hybridized carbons (Fsp3) is 0.733. The Morgan fingerprint density at radius 3 is 2.57 bits per heavy atom. The number of H-pyrrole nitrogens is 1. The summed E-state index contributed by atoms with van der Waals surface area (Å²) in [6, 6.07) is 0.900. The van der Waals surface area contributed by atoms with Crippen molar-refractivity contribution in [2.24, 2.45) is 0 Å². The lowest BCUT2D eigenvalue weighted by Gasteiger charge is -2.23. The molecule has 3 rings (SSSR count). The first-order chi connectivity index (χ1) is 13.0. The zero-order chi connectivity index (χ0) is 20.8. The summed E-state index contributed by atoms with van der Waals surface area (Å²) < 4.78 is 30.7. The van der Waals surface area contributed by atoms with Crippen molar-refractivity contribution in [1.82, 2.24) is 9.55 Å². The van der Waals surface area contributed by atoms with E-state index in [1.807, 2.05) is 4.98 Å². The van der Waals surface area contributed by atoms with Crippen LogP contribution in [-0.4, -0.2) is 90.5 Å². The summed E-state index contributed by atoms with van der Waals surface area (Å²) in [6.45, 7) is 0.742. The summed E-state index contributed by atoms with van der Waals surface area (Å²) in [5, 5.41) is 49.2. The molecule has 0 bridgehead atoms. The van der Waals surface area contributed by atoms with Gasteiger partial charge in [-0.05, 0) is 6.92 Å². The Morgan fingerprint density at radius 1 is 1.32 bits per heavy atom. The van der Waals surface area contributed by atoms with E-state index in [9.17, 15) is 39.5 Å². The van der Waals surface area contributed by atoms with Crippen molar-refractivity contribution in [2.45, 2.75) is 61.9 Å². The van der Waals surface area contributed by atoms with Crippen molar-refractivity contribution >= 4 is 0 Å². The van der Waals surface area contributed by atoms with E-state index in [0.717, 1.165) is 12.3 Å². The van der Waals surface area contributed by atoms with Gasteiger partial charge in [0.15, 0.2) is 12.5 Å². The number of hydrogen-bond donors (Lipinski definition) is 6. The number of aliphatic hydroxyl groups excluding tert-OH is 4. The second-order valence-corrected chi connectivity index (χ2v) is 6.74. The summed E-state index contributed by atoms with van der Waals surface area (Å²) >= 11 is 0. The normalized spacial score (nSPS) is 42.0. The molecule has 2 aliphatic heterocycles. The molecule has 2 fully saturated rings. The van der Waals surface area contributed by atoms with E-state index in [0.29, 0.717) is 4.57 Å². The minimum Gasteiger partial charge on any atom is -0.391 e. The van der Waals surface area contributed by atoms with Gasteiger partial charge in [0.2, 0.25) is 0 Å². The van der Waals surface area contributed by atoms with Gasteiger partial charge in [0.1, 0.15) is 30.5 Å². The molecule has 3 heterocycles. The lowest BCUT2D eigenvalue weighted by molar-refractivity contribution is -0.197. The second-order valence-electron chi connectivity index (χ2n) is 6.74. The molecule has 13 heteroatoms. The molecule has 9 atom stereocenters. The number of nitrogens with zero attached hydrogens (tertiary/aromatic N) is 1. The number of rotatable bonds is 5. The van der Waals surface area contributed by atoms with Gasteiger partial charge in [0.25, 0.3) is 11.4 Å². The Balaban J connectivity index is 1.71. The molecule has 1 aromatic heterocycles. The average Bonchev–Trinajstić information content (AvgIpc) is 3.02. The van der Waals surface area contributed by atoms with Gasteiger partial charge in [-0.15, -0.1) is 0 Å². The van der Waals surface area contributed by atoms with Gasteiger partial charge in [-0.2, -0.15) is 0 Å². The van der Waals surface area contributed by atoms with E-state index in [2.05, 4.69) is 0 Å². The Kier molecular flexibility index (Phi) is 5.71. The quantitative estimate of drug-likeness (QED) is 0.283. The molecule has 0 aromatic carbocycles. The fourth-order valence-corrected chi connectivity index (χ4v) is 3.14. The molecule has 1 aromatic rings. The molecular formula is C15H21FN2O10. The smallest absolute Gasteiger partial charge is 0.330 e. The lowest BCUT2D eigenvalue weighted by atomic mass is 10.1. The molecular weight excluding hydrogens is 387 g/mol. The van der Waals surface area contributed by atoms with Crippen molar-refractivity contribution in [2.75, 3.05) is 6.61 Å². The Labute approximate surface area is 156 Å². The fourth-order valence-electron chi connectivity index (χ4n) is 3.14. The zero-order valence-corrected chi connectivity index (χ0v) is 14.6. The van der Waals surface area contributed by atoms with Crippen LogP contribution in [0.1, 0.15) is 13.2 Å². The van der Waals surface area contributed by atoms with E-state index < -0.39 is 72.9 Å². The van der Waals surface area contributed by atoms with Crippen LogP contribution in [0.4, 0.5) is 4.39 Å². The third-order valence-electron chi connectivity index (χ3n) is 4.68. The molecule has 6 N–H and O–H groups in total. The van der Waals surface area contributed by atoms with Crippen LogP contribution in [-0.2, 0) is 14.2 Å². The molecule has 2 unspecified atom stereocenters. The average molecular weight is 408 g/mol. The minimum absolute atomic E-state index is 0.554. The molecule has 158 valence electrons. The van der Waals surface area contributed by atoms with Gasteiger partial charge in [-0.1, -0.05) is 0 Å². The van der Waals surface area contributed by atoms with Gasteiger partial charge in [-0.25, -0.2) is 9.18 Å². The maximum Gasteiger partial charge on any atom is 0.330 e. The Morgan fingerprint density at radius 2 is 2.00 bits per heavy atom. The topological polar surface area (TPSA) is 184 Å². The van der Waals surface area contributed by atoms with Crippen LogP contribution in [0.15, 0.2) is 21.9 Å². The van der Waals surface area contributed by atoms with E-state index in [1.165, 1.54) is 6.92 Å². The minimum atomic E-state index is -3.40. The largest absolute Gasteiger partial charge is 0.391 e. The van der Waals surface area contributed by atoms with E-state index >= 15 is 0 Å². The molecule has 28 heavy (non-hydrogen) atoms. The molecule has 12 nitrogen and oxygen atoms in total. The molecule has 0 radical (unpaired) electrons. The van der Waals surface area contributed by atoms with Crippen LogP contribution in [0, 0.1) is 0 Å². The van der Waals surface area contributed by atoms with Crippen LogP contribution >= 0.6 is 0 Å². The van der Waals surface area contributed by atoms with Gasteiger partial charge in [-0.3, -0.25) is 14.3 Å². The van der Waals surface area contributed by atoms with Crippen LogP contribution in [0.25, 0.3) is 0 Å². The summed E-state index contributed by atoms with van der Waals surface area (Å²) in [4.78, 5) is 24.8. The van der Waals surface area contributed by atoms with Crippen molar-refractivity contribution in [3.8, 4) is 0 Å². The van der Waals surface area contributed by atoms with E-state index in [1.54, 1.807) is 0 Å². The first-order valence-electron chi connectivity index (χ1n) is 8.41. The number of aromatic amines is 1. The predicted octanol–water partition coefficient (Wildman–Crippen LogP) is -3.70. The first kappa shape index (κ1) is 21.0. The van der Waals surface area contributed by atoms with Gasteiger partial charge < -0.3 is 39.7 Å². The Bertz CT molecular complexity index is 811. The highest BCUT2D eigenvalue weighted by Crippen LogP contribution is 2.39. The zero-order valence-electron chi connectivity index (χ0n) is 14.6. The summed E-state index contributed by atoms with van der Waals surface area (Å²) in [5.41, 5.74) is -1.82. The maximum atomic E-state index is 14.6. The number of aliphatic hydroxyl groups is 5. The monoisotopic (exact) mass is 408 g/mol. The van der Waals surface area contributed by atoms with Crippen molar-refractivity contribution < 1.29 is 44.1 Å². The highest BCUT2D eigenvalue weighted by Gasteiger charge is 2.58. The summed E-state index contributed by atoms with van der Waals surface area (Å²) in [7, 11) is 0. The summed E-state index contributed by atoms with van der Waals surface area (Å²) in [6.07, 6.45) is -11.3. The molecule has 0 amide bonds. The number of halogens is 1. The third kappa shape index (κ3) is 3.62. The summed E-state index contributed by atoms with van der Waals surface area (Å²) in [5.74, 6) is -3.40. The van der Waals surface area contributed by atoms with Gasteiger partial charge in [0, 0.05) is 12.3 Å². The van der Waals surface area contributed by atoms with Crippen LogP contribution in [0.5, 0.6) is 0 Å². The van der Waals surface area contributed by atoms with E-state index in [-0.39, 0.29) is 0 Å². The van der Waals surface area contributed by atoms with Gasteiger partial charge >= 0.3 is 5.69 Å². The lowest BCUT2D eigenvalue weighted by Crippen LogP contribution is -2.46.